The summed E-state index contributed by atoms with van der Waals surface area (Å²) in [6.07, 6.45) is 1.84. The third kappa shape index (κ3) is 5.70. The summed E-state index contributed by atoms with van der Waals surface area (Å²) >= 11 is 0. The molecule has 0 amide bonds. The van der Waals surface area contributed by atoms with Crippen molar-refractivity contribution >= 4 is 43.6 Å². The van der Waals surface area contributed by atoms with E-state index in [4.69, 9.17) is 29.3 Å². The normalized spacial score (nSPS) is 11.5. The lowest BCUT2D eigenvalue weighted by Crippen LogP contribution is -2.00. The second-order valence-corrected chi connectivity index (χ2v) is 14.0. The molecule has 6 nitrogen and oxygen atoms in total. The molecule has 0 unspecified atom stereocenters. The van der Waals surface area contributed by atoms with Crippen LogP contribution in [0, 0.1) is 0 Å². The number of rotatable bonds is 6. The number of nitrogens with zero attached hydrogens (tertiary/aromatic N) is 5. The lowest BCUT2D eigenvalue weighted by atomic mass is 9.90. The molecular weight excluding hydrogens is 699 g/mol. The van der Waals surface area contributed by atoms with E-state index in [1.54, 1.807) is 0 Å². The summed E-state index contributed by atoms with van der Waals surface area (Å²) in [5.74, 6) is 1.91. The Morgan fingerprint density at radius 1 is 0.351 bits per heavy atom. The van der Waals surface area contributed by atoms with E-state index in [1.807, 2.05) is 91.1 Å². The number of pyridine rings is 2. The van der Waals surface area contributed by atoms with Gasteiger partial charge in [0.05, 0.1) is 11.4 Å². The number of aromatic nitrogens is 5. The number of fused-ring (bicyclic) bond motifs is 5. The second kappa shape index (κ2) is 13.5. The third-order valence-electron chi connectivity index (χ3n) is 10.6. The van der Waals surface area contributed by atoms with Gasteiger partial charge in [0.15, 0.2) is 17.5 Å². The Morgan fingerprint density at radius 2 is 0.930 bits per heavy atom. The van der Waals surface area contributed by atoms with Gasteiger partial charge in [0.25, 0.3) is 0 Å². The van der Waals surface area contributed by atoms with Crippen molar-refractivity contribution in [2.45, 2.75) is 0 Å². The van der Waals surface area contributed by atoms with Gasteiger partial charge in [-0.1, -0.05) is 158 Å². The van der Waals surface area contributed by atoms with Gasteiger partial charge in [-0.25, -0.2) is 19.9 Å². The predicted octanol–water partition coefficient (Wildman–Crippen LogP) is 12.9. The van der Waals surface area contributed by atoms with Crippen molar-refractivity contribution in [2.24, 2.45) is 0 Å². The van der Waals surface area contributed by atoms with Gasteiger partial charge in [-0.2, -0.15) is 0 Å². The molecule has 11 aromatic rings. The monoisotopic (exact) mass is 729 g/mol. The SMILES string of the molecule is c1ccc(-c2nc(-c3ccccc3)nc(-c3ccc(-c4ccc(-c5cccc6oc7nc(-c8nccc9ccccc89)ccc7c56)c5ccccc45)cc3)n2)cc1. The van der Waals surface area contributed by atoms with Crippen LogP contribution in [0.3, 0.4) is 0 Å². The van der Waals surface area contributed by atoms with Crippen molar-refractivity contribution in [2.75, 3.05) is 0 Å². The molecule has 0 N–H and O–H groups in total. The summed E-state index contributed by atoms with van der Waals surface area (Å²) in [5, 5.41) is 6.51. The predicted molar refractivity (Wildman–Crippen MR) is 230 cm³/mol. The topological polar surface area (TPSA) is 77.6 Å². The largest absolute Gasteiger partial charge is 0.438 e. The zero-order chi connectivity index (χ0) is 37.7. The Balaban J connectivity index is 0.988. The van der Waals surface area contributed by atoms with Gasteiger partial charge >= 0.3 is 0 Å². The summed E-state index contributed by atoms with van der Waals surface area (Å²) in [6, 6.07) is 62.4. The van der Waals surface area contributed by atoms with Gasteiger partial charge in [-0.05, 0) is 62.7 Å². The van der Waals surface area contributed by atoms with Gasteiger partial charge < -0.3 is 4.42 Å². The maximum Gasteiger partial charge on any atom is 0.227 e. The van der Waals surface area contributed by atoms with E-state index in [2.05, 4.69) is 97.1 Å². The van der Waals surface area contributed by atoms with Crippen molar-refractivity contribution < 1.29 is 4.42 Å². The lowest BCUT2D eigenvalue weighted by molar-refractivity contribution is 0.654. The Kier molecular flexibility index (Phi) is 7.71. The van der Waals surface area contributed by atoms with E-state index in [-0.39, 0.29) is 0 Å². The highest BCUT2D eigenvalue weighted by Gasteiger charge is 2.19. The van der Waals surface area contributed by atoms with E-state index in [9.17, 15) is 0 Å². The summed E-state index contributed by atoms with van der Waals surface area (Å²) in [4.78, 5) is 24.4. The summed E-state index contributed by atoms with van der Waals surface area (Å²) in [5.41, 5.74) is 10.3. The molecule has 4 aromatic heterocycles. The molecule has 0 bridgehead atoms. The zero-order valence-electron chi connectivity index (χ0n) is 30.5. The minimum atomic E-state index is 0.593. The third-order valence-corrected chi connectivity index (χ3v) is 10.6. The number of furan rings is 1. The molecule has 0 radical (unpaired) electrons. The highest BCUT2D eigenvalue weighted by molar-refractivity contribution is 6.16. The van der Waals surface area contributed by atoms with Crippen molar-refractivity contribution in [1.82, 2.24) is 24.9 Å². The molecule has 0 saturated carbocycles. The van der Waals surface area contributed by atoms with Crippen LogP contribution in [0.1, 0.15) is 0 Å². The van der Waals surface area contributed by atoms with Crippen molar-refractivity contribution in [3.63, 3.8) is 0 Å². The van der Waals surface area contributed by atoms with Crippen LogP contribution < -0.4 is 0 Å². The molecule has 4 heterocycles. The fraction of sp³-hybridized carbons (Fsp3) is 0. The van der Waals surface area contributed by atoms with Crippen LogP contribution in [0.2, 0.25) is 0 Å². The standard InChI is InChI=1S/C51H31N5O/c1-3-13-34(14-4-1)48-54-49(35-15-5-2-6-16-35)56-50(55-48)36-24-22-33(23-25-36)37-26-27-41(40-19-10-9-18-39(37)40)42-20-11-21-45-46(42)43-28-29-44(53-51(43)57-45)47-38-17-8-7-12-32(38)30-31-52-47/h1-31H. The molecule has 0 atom stereocenters. The summed E-state index contributed by atoms with van der Waals surface area (Å²) in [6.45, 7) is 0. The molecule has 11 rings (SSSR count). The van der Waals surface area contributed by atoms with Crippen molar-refractivity contribution in [3.8, 4) is 67.8 Å². The van der Waals surface area contributed by atoms with Crippen LogP contribution in [0.25, 0.3) is 111 Å². The molecule has 57 heavy (non-hydrogen) atoms. The van der Waals surface area contributed by atoms with Crippen LogP contribution >= 0.6 is 0 Å². The molecule has 0 spiro atoms. The van der Waals surface area contributed by atoms with Gasteiger partial charge in [-0.15, -0.1) is 0 Å². The van der Waals surface area contributed by atoms with Gasteiger partial charge in [-0.3, -0.25) is 4.98 Å². The van der Waals surface area contributed by atoms with Crippen LogP contribution in [-0.2, 0) is 0 Å². The van der Waals surface area contributed by atoms with E-state index in [0.717, 1.165) is 88.2 Å². The molecule has 0 aliphatic heterocycles. The van der Waals surface area contributed by atoms with Crippen LogP contribution in [0.4, 0.5) is 0 Å². The van der Waals surface area contributed by atoms with Crippen molar-refractivity contribution in [1.29, 1.82) is 0 Å². The fourth-order valence-electron chi connectivity index (χ4n) is 7.91. The Morgan fingerprint density at radius 3 is 1.63 bits per heavy atom. The lowest BCUT2D eigenvalue weighted by Gasteiger charge is -2.13. The first-order chi connectivity index (χ1) is 28.2. The quantitative estimate of drug-likeness (QED) is 0.170. The van der Waals surface area contributed by atoms with E-state index in [1.165, 1.54) is 0 Å². The van der Waals surface area contributed by atoms with Gasteiger partial charge in [0.1, 0.15) is 5.58 Å². The fourth-order valence-corrected chi connectivity index (χ4v) is 7.91. The van der Waals surface area contributed by atoms with Crippen LogP contribution in [0.15, 0.2) is 193 Å². The Bertz CT molecular complexity index is 3220. The summed E-state index contributed by atoms with van der Waals surface area (Å²) in [7, 11) is 0. The maximum absolute atomic E-state index is 6.45. The molecule has 0 saturated heterocycles. The van der Waals surface area contributed by atoms with Crippen molar-refractivity contribution in [3.05, 3.63) is 188 Å². The Hall–Kier alpha value is -7.83. The van der Waals surface area contributed by atoms with E-state index < -0.39 is 0 Å². The summed E-state index contributed by atoms with van der Waals surface area (Å²) < 4.78 is 6.45. The minimum Gasteiger partial charge on any atom is -0.438 e. The average Bonchev–Trinajstić information content (AvgIpc) is 3.67. The number of benzene rings is 7. The molecule has 6 heteroatoms. The first kappa shape index (κ1) is 32.6. The molecular formula is C51H31N5O. The van der Waals surface area contributed by atoms with Gasteiger partial charge in [0, 0.05) is 39.0 Å². The highest BCUT2D eigenvalue weighted by atomic mass is 16.3. The minimum absolute atomic E-state index is 0.593. The highest BCUT2D eigenvalue weighted by Crippen LogP contribution is 2.42. The first-order valence-corrected chi connectivity index (χ1v) is 18.9. The van der Waals surface area contributed by atoms with E-state index in [0.29, 0.717) is 23.2 Å². The molecule has 266 valence electrons. The van der Waals surface area contributed by atoms with E-state index >= 15 is 0 Å². The second-order valence-electron chi connectivity index (χ2n) is 14.0. The molecule has 7 aromatic carbocycles. The van der Waals surface area contributed by atoms with Crippen LogP contribution in [0.5, 0.6) is 0 Å². The smallest absolute Gasteiger partial charge is 0.227 e. The zero-order valence-corrected chi connectivity index (χ0v) is 30.5. The van der Waals surface area contributed by atoms with Gasteiger partial charge in [0.2, 0.25) is 5.71 Å². The molecule has 0 fully saturated rings. The first-order valence-electron chi connectivity index (χ1n) is 18.9. The molecule has 0 aliphatic carbocycles. The maximum atomic E-state index is 6.45. The number of hydrogen-bond donors (Lipinski definition) is 0. The van der Waals surface area contributed by atoms with Crippen LogP contribution in [-0.4, -0.2) is 24.9 Å². The molecule has 0 aliphatic rings. The Labute approximate surface area is 327 Å². The average molecular weight is 730 g/mol. The number of hydrogen-bond acceptors (Lipinski definition) is 6.